The molecule has 1 amide bonds. The van der Waals surface area contributed by atoms with Gasteiger partial charge < -0.3 is 15.5 Å². The van der Waals surface area contributed by atoms with Crippen LogP contribution in [0.4, 0.5) is 5.69 Å². The molecule has 0 saturated carbocycles. The first kappa shape index (κ1) is 20.2. The Labute approximate surface area is 189 Å². The summed E-state index contributed by atoms with van der Waals surface area (Å²) in [5.74, 6) is 1.26. The number of anilines is 1. The molecule has 32 heavy (non-hydrogen) atoms. The van der Waals surface area contributed by atoms with Crippen molar-refractivity contribution in [2.45, 2.75) is 25.9 Å². The number of benzene rings is 1. The lowest BCUT2D eigenvalue weighted by Gasteiger charge is -2.29. The molecular weight excluding hydrogens is 422 g/mol. The van der Waals surface area contributed by atoms with Gasteiger partial charge in [0.25, 0.3) is 5.91 Å². The van der Waals surface area contributed by atoms with E-state index in [1.54, 1.807) is 11.3 Å². The monoisotopic (exact) mass is 445 g/mol. The Morgan fingerprint density at radius 1 is 1.25 bits per heavy atom. The number of para-hydroxylation sites is 1. The second-order valence-electron chi connectivity index (χ2n) is 7.74. The number of aromatic amines is 1. The van der Waals surface area contributed by atoms with E-state index in [2.05, 4.69) is 49.8 Å². The van der Waals surface area contributed by atoms with Crippen LogP contribution in [0.1, 0.15) is 34.6 Å². The third-order valence-electron chi connectivity index (χ3n) is 5.41. The predicted octanol–water partition coefficient (Wildman–Crippen LogP) is 3.70. The number of amidine groups is 1. The maximum absolute atomic E-state index is 13.2. The molecule has 5 rings (SSSR count). The summed E-state index contributed by atoms with van der Waals surface area (Å²) >= 11 is 1.76. The molecule has 8 nitrogen and oxygen atoms in total. The summed E-state index contributed by atoms with van der Waals surface area (Å²) in [6, 6.07) is 13.9. The summed E-state index contributed by atoms with van der Waals surface area (Å²) in [7, 11) is 0. The fourth-order valence-corrected chi connectivity index (χ4v) is 4.77. The first-order valence-corrected chi connectivity index (χ1v) is 11.2. The number of amides is 1. The number of carbonyl (C=O) groups is 1. The average molecular weight is 446 g/mol. The van der Waals surface area contributed by atoms with Crippen molar-refractivity contribution in [1.29, 1.82) is 0 Å². The van der Waals surface area contributed by atoms with Crippen LogP contribution in [0.2, 0.25) is 0 Å². The molecule has 2 aliphatic heterocycles. The molecule has 162 valence electrons. The Morgan fingerprint density at radius 3 is 2.81 bits per heavy atom. The van der Waals surface area contributed by atoms with Crippen molar-refractivity contribution >= 4 is 28.8 Å². The molecule has 9 heteroatoms. The van der Waals surface area contributed by atoms with Gasteiger partial charge in [0.15, 0.2) is 5.84 Å². The second kappa shape index (κ2) is 8.43. The van der Waals surface area contributed by atoms with E-state index in [0.29, 0.717) is 17.9 Å². The van der Waals surface area contributed by atoms with Crippen molar-refractivity contribution in [3.8, 4) is 0 Å². The summed E-state index contributed by atoms with van der Waals surface area (Å²) in [5.41, 5.74) is 2.29. The van der Waals surface area contributed by atoms with Crippen LogP contribution in [-0.4, -0.2) is 38.4 Å². The number of aromatic nitrogens is 3. The van der Waals surface area contributed by atoms with Crippen LogP contribution in [0.25, 0.3) is 0 Å². The standard InChI is InChI=1S/C23H23N7OS/c1-14-8-9-20(32-14)19-11-24-22-18(28-17-6-4-3-5-7-17)10-16(12-30(19)22)23(31)27-15(2)21-25-13-26-29-21/h3-10,12-13,15,19,28H,11H2,1-2H3,(H,27,31)(H,25,26,29). The largest absolute Gasteiger partial charge is 0.352 e. The van der Waals surface area contributed by atoms with Gasteiger partial charge in [-0.05, 0) is 44.2 Å². The quantitative estimate of drug-likeness (QED) is 0.537. The van der Waals surface area contributed by atoms with E-state index >= 15 is 0 Å². The maximum Gasteiger partial charge on any atom is 0.253 e. The summed E-state index contributed by atoms with van der Waals surface area (Å²) in [6.45, 7) is 4.61. The SMILES string of the molecule is Cc1ccc(C2CN=C3C(Nc4ccccc4)=CC(C(=O)NC(C)c4ncn[nH]4)=CN32)s1. The van der Waals surface area contributed by atoms with E-state index in [-0.39, 0.29) is 18.0 Å². The number of H-pyrrole nitrogens is 1. The Morgan fingerprint density at radius 2 is 2.09 bits per heavy atom. The maximum atomic E-state index is 13.2. The minimum atomic E-state index is -0.297. The van der Waals surface area contributed by atoms with Crippen molar-refractivity contribution < 1.29 is 4.79 Å². The molecule has 4 heterocycles. The molecule has 2 atom stereocenters. The van der Waals surface area contributed by atoms with Gasteiger partial charge in [0.2, 0.25) is 0 Å². The normalized spacial score (nSPS) is 18.4. The lowest BCUT2D eigenvalue weighted by Crippen LogP contribution is -2.36. The molecule has 2 aromatic heterocycles. The third-order valence-corrected chi connectivity index (χ3v) is 6.51. The van der Waals surface area contributed by atoms with Gasteiger partial charge in [0.1, 0.15) is 12.2 Å². The number of aryl methyl sites for hydroxylation is 1. The van der Waals surface area contributed by atoms with Gasteiger partial charge in [-0.1, -0.05) is 18.2 Å². The second-order valence-corrected chi connectivity index (χ2v) is 9.05. The van der Waals surface area contributed by atoms with Crippen molar-refractivity contribution in [3.63, 3.8) is 0 Å². The van der Waals surface area contributed by atoms with Gasteiger partial charge in [0.05, 0.1) is 29.9 Å². The summed E-state index contributed by atoms with van der Waals surface area (Å²) in [6.07, 6.45) is 5.18. The lowest BCUT2D eigenvalue weighted by atomic mass is 10.1. The highest BCUT2D eigenvalue weighted by atomic mass is 32.1. The fourth-order valence-electron chi connectivity index (χ4n) is 3.80. The fraction of sp³-hybridized carbons (Fsp3) is 0.217. The Balaban J connectivity index is 1.46. The van der Waals surface area contributed by atoms with Crippen LogP contribution in [0, 0.1) is 6.92 Å². The van der Waals surface area contributed by atoms with Gasteiger partial charge in [0, 0.05) is 21.6 Å². The lowest BCUT2D eigenvalue weighted by molar-refractivity contribution is -0.117. The zero-order valence-corrected chi connectivity index (χ0v) is 18.6. The van der Waals surface area contributed by atoms with E-state index in [1.807, 2.05) is 49.5 Å². The van der Waals surface area contributed by atoms with Gasteiger partial charge in [-0.2, -0.15) is 5.10 Å². The van der Waals surface area contributed by atoms with Crippen molar-refractivity contribution in [2.75, 3.05) is 11.9 Å². The molecular formula is C23H23N7OS. The van der Waals surface area contributed by atoms with Gasteiger partial charge in [-0.25, -0.2) is 4.98 Å². The molecule has 1 aromatic carbocycles. The van der Waals surface area contributed by atoms with Crippen molar-refractivity contribution in [1.82, 2.24) is 25.4 Å². The van der Waals surface area contributed by atoms with Crippen LogP contribution < -0.4 is 10.6 Å². The number of nitrogens with zero attached hydrogens (tertiary/aromatic N) is 4. The van der Waals surface area contributed by atoms with Crippen molar-refractivity contribution in [3.05, 3.63) is 87.9 Å². The zero-order chi connectivity index (χ0) is 22.1. The number of aliphatic imine (C=N–C) groups is 1. The highest BCUT2D eigenvalue weighted by Crippen LogP contribution is 2.36. The number of hydrogen-bond donors (Lipinski definition) is 3. The van der Waals surface area contributed by atoms with Crippen LogP contribution >= 0.6 is 11.3 Å². The average Bonchev–Trinajstić information content (AvgIpc) is 3.55. The topological polar surface area (TPSA) is 98.3 Å². The number of fused-ring (bicyclic) bond motifs is 1. The van der Waals surface area contributed by atoms with Crippen LogP contribution in [-0.2, 0) is 4.79 Å². The molecule has 0 bridgehead atoms. The van der Waals surface area contributed by atoms with Gasteiger partial charge in [-0.15, -0.1) is 11.3 Å². The molecule has 2 unspecified atom stereocenters. The number of rotatable bonds is 6. The van der Waals surface area contributed by atoms with Crippen LogP contribution in [0.3, 0.4) is 0 Å². The van der Waals surface area contributed by atoms with E-state index in [0.717, 1.165) is 17.2 Å². The van der Waals surface area contributed by atoms with E-state index in [1.165, 1.54) is 16.1 Å². The molecule has 0 fully saturated rings. The summed E-state index contributed by atoms with van der Waals surface area (Å²) < 4.78 is 0. The van der Waals surface area contributed by atoms with E-state index in [9.17, 15) is 4.79 Å². The Kier molecular flexibility index (Phi) is 5.32. The number of carbonyl (C=O) groups excluding carboxylic acids is 1. The minimum absolute atomic E-state index is 0.0690. The number of thiophene rings is 1. The Hall–Kier alpha value is -3.72. The molecule has 0 spiro atoms. The molecule has 0 saturated heterocycles. The van der Waals surface area contributed by atoms with Crippen molar-refractivity contribution in [2.24, 2.45) is 4.99 Å². The van der Waals surface area contributed by atoms with Gasteiger partial charge in [-0.3, -0.25) is 14.9 Å². The zero-order valence-electron chi connectivity index (χ0n) is 17.7. The third kappa shape index (κ3) is 3.94. The predicted molar refractivity (Wildman–Crippen MR) is 125 cm³/mol. The van der Waals surface area contributed by atoms with Crippen LogP contribution in [0.5, 0.6) is 0 Å². The first-order chi connectivity index (χ1) is 15.6. The highest BCUT2D eigenvalue weighted by Gasteiger charge is 2.34. The molecule has 2 aliphatic rings. The van der Waals surface area contributed by atoms with Crippen LogP contribution in [0.15, 0.2) is 77.3 Å². The van der Waals surface area contributed by atoms with E-state index in [4.69, 9.17) is 4.99 Å². The summed E-state index contributed by atoms with van der Waals surface area (Å²) in [5, 5.41) is 13.1. The molecule has 0 aliphatic carbocycles. The first-order valence-electron chi connectivity index (χ1n) is 10.4. The number of hydrogen-bond acceptors (Lipinski definition) is 7. The molecule has 0 radical (unpaired) electrons. The van der Waals surface area contributed by atoms with Gasteiger partial charge >= 0.3 is 0 Å². The number of nitrogens with one attached hydrogen (secondary N) is 3. The molecule has 3 aromatic rings. The van der Waals surface area contributed by atoms with E-state index < -0.39 is 0 Å². The minimum Gasteiger partial charge on any atom is -0.352 e. The summed E-state index contributed by atoms with van der Waals surface area (Å²) in [4.78, 5) is 26.7. The molecule has 3 N–H and O–H groups in total. The Bertz CT molecular complexity index is 1210. The smallest absolute Gasteiger partial charge is 0.253 e. The highest BCUT2D eigenvalue weighted by molar-refractivity contribution is 7.12.